The topological polar surface area (TPSA) is 37.3 Å². The molecule has 4 heteroatoms. The Balaban J connectivity index is 2.16. The molecule has 0 unspecified atom stereocenters. The van der Waals surface area contributed by atoms with Crippen molar-refractivity contribution in [1.29, 1.82) is 0 Å². The zero-order valence-corrected chi connectivity index (χ0v) is 11.3. The van der Waals surface area contributed by atoms with Crippen molar-refractivity contribution >= 4 is 27.3 Å². The lowest BCUT2D eigenvalue weighted by molar-refractivity contribution is 1.03. The molecule has 90 valence electrons. The van der Waals surface area contributed by atoms with Crippen LogP contribution in [0.15, 0.2) is 52.1 Å². The van der Waals surface area contributed by atoms with E-state index in [0.717, 1.165) is 40.2 Å². The van der Waals surface area contributed by atoms with Gasteiger partial charge in [-0.05, 0) is 30.3 Å². The number of hydrogen-bond donors (Lipinski definition) is 1. The van der Waals surface area contributed by atoms with Crippen LogP contribution in [0.2, 0.25) is 0 Å². The number of hydrogen-bond acceptors (Lipinski definition) is 3. The Labute approximate surface area is 114 Å². The van der Waals surface area contributed by atoms with Crippen LogP contribution >= 0.6 is 15.9 Å². The molecule has 0 fully saturated rings. The smallest absolute Gasteiger partial charge is 0.0925 e. The number of fused-ring (bicyclic) bond motifs is 1. The van der Waals surface area contributed by atoms with E-state index in [4.69, 9.17) is 0 Å². The van der Waals surface area contributed by atoms with Gasteiger partial charge in [-0.15, -0.1) is 0 Å². The molecule has 2 heterocycles. The number of nitrogens with one attached hydrogen (secondary N) is 1. The number of pyridine rings is 1. The van der Waals surface area contributed by atoms with E-state index in [9.17, 15) is 0 Å². The van der Waals surface area contributed by atoms with Gasteiger partial charge in [0.25, 0.3) is 0 Å². The summed E-state index contributed by atoms with van der Waals surface area (Å²) in [6.07, 6.45) is 1.80. The number of halogens is 1. The Morgan fingerprint density at radius 2 is 2.11 bits per heavy atom. The molecular weight excluding hydrogens is 290 g/mol. The Kier molecular flexibility index (Phi) is 3.11. The first-order valence-corrected chi connectivity index (χ1v) is 6.63. The first-order chi connectivity index (χ1) is 8.84. The molecule has 1 aromatic carbocycles. The highest BCUT2D eigenvalue weighted by atomic mass is 79.9. The minimum absolute atomic E-state index is 0.762. The van der Waals surface area contributed by atoms with Crippen molar-refractivity contribution in [3.05, 3.63) is 58.3 Å². The van der Waals surface area contributed by atoms with E-state index in [0.29, 0.717) is 0 Å². The van der Waals surface area contributed by atoms with E-state index in [1.165, 1.54) is 0 Å². The van der Waals surface area contributed by atoms with Crippen molar-refractivity contribution in [2.24, 2.45) is 4.99 Å². The van der Waals surface area contributed by atoms with E-state index in [2.05, 4.69) is 43.4 Å². The molecule has 2 aromatic rings. The van der Waals surface area contributed by atoms with E-state index >= 15 is 0 Å². The van der Waals surface area contributed by atoms with Crippen LogP contribution < -0.4 is 5.32 Å². The lowest BCUT2D eigenvalue weighted by Gasteiger charge is -2.10. The maximum Gasteiger partial charge on any atom is 0.0925 e. The van der Waals surface area contributed by atoms with Gasteiger partial charge in [0.1, 0.15) is 0 Å². The van der Waals surface area contributed by atoms with E-state index in [1.54, 1.807) is 6.20 Å². The summed E-state index contributed by atoms with van der Waals surface area (Å²) in [5.41, 5.74) is 4.08. The lowest BCUT2D eigenvalue weighted by atomic mass is 10.0. The standard InChI is InChI=1S/C14H12BrN3/c15-10-4-5-12-11(9-10)14(18-8-7-17-12)13-3-1-2-6-16-13/h1-6,9,17H,7-8H2. The van der Waals surface area contributed by atoms with Crippen molar-refractivity contribution in [3.8, 4) is 0 Å². The fourth-order valence-electron chi connectivity index (χ4n) is 2.03. The molecule has 1 N–H and O–H groups in total. The quantitative estimate of drug-likeness (QED) is 0.879. The van der Waals surface area contributed by atoms with Crippen LogP contribution in [0.5, 0.6) is 0 Å². The third-order valence-corrected chi connectivity index (χ3v) is 3.33. The number of anilines is 1. The molecule has 0 atom stereocenters. The van der Waals surface area contributed by atoms with Crippen molar-refractivity contribution < 1.29 is 0 Å². The van der Waals surface area contributed by atoms with Crippen molar-refractivity contribution in [2.75, 3.05) is 18.4 Å². The summed E-state index contributed by atoms with van der Waals surface area (Å²) >= 11 is 3.51. The van der Waals surface area contributed by atoms with Gasteiger partial charge in [0.05, 0.1) is 18.0 Å². The zero-order chi connectivity index (χ0) is 12.4. The number of aromatic nitrogens is 1. The highest BCUT2D eigenvalue weighted by Gasteiger charge is 2.15. The van der Waals surface area contributed by atoms with Gasteiger partial charge in [-0.25, -0.2) is 0 Å². The molecule has 0 saturated heterocycles. The van der Waals surface area contributed by atoms with Gasteiger partial charge in [0, 0.05) is 28.5 Å². The lowest BCUT2D eigenvalue weighted by Crippen LogP contribution is -2.06. The van der Waals surface area contributed by atoms with Crippen LogP contribution in [-0.4, -0.2) is 23.8 Å². The van der Waals surface area contributed by atoms with Crippen molar-refractivity contribution in [2.45, 2.75) is 0 Å². The average Bonchev–Trinajstić information content (AvgIpc) is 2.61. The molecule has 0 radical (unpaired) electrons. The molecule has 1 aromatic heterocycles. The minimum atomic E-state index is 0.762. The largest absolute Gasteiger partial charge is 0.383 e. The molecule has 1 aliphatic heterocycles. The van der Waals surface area contributed by atoms with Crippen LogP contribution in [-0.2, 0) is 0 Å². The SMILES string of the molecule is Brc1ccc2c(c1)C(c1ccccn1)=NCCN2. The second kappa shape index (κ2) is 4.90. The van der Waals surface area contributed by atoms with Crippen molar-refractivity contribution in [1.82, 2.24) is 4.98 Å². The number of rotatable bonds is 1. The molecule has 3 rings (SSSR count). The Morgan fingerprint density at radius 3 is 2.94 bits per heavy atom. The molecule has 1 aliphatic rings. The van der Waals surface area contributed by atoms with Gasteiger partial charge >= 0.3 is 0 Å². The fraction of sp³-hybridized carbons (Fsp3) is 0.143. The van der Waals surface area contributed by atoms with Crippen LogP contribution in [0.1, 0.15) is 11.3 Å². The Hall–Kier alpha value is -1.68. The minimum Gasteiger partial charge on any atom is -0.383 e. The van der Waals surface area contributed by atoms with E-state index in [-0.39, 0.29) is 0 Å². The molecule has 0 amide bonds. The summed E-state index contributed by atoms with van der Waals surface area (Å²) in [7, 11) is 0. The zero-order valence-electron chi connectivity index (χ0n) is 9.73. The Bertz CT molecular complexity index is 593. The molecule has 0 bridgehead atoms. The summed E-state index contributed by atoms with van der Waals surface area (Å²) < 4.78 is 1.05. The van der Waals surface area contributed by atoms with Crippen LogP contribution in [0.3, 0.4) is 0 Å². The highest BCUT2D eigenvalue weighted by Crippen LogP contribution is 2.25. The molecule has 18 heavy (non-hydrogen) atoms. The Morgan fingerprint density at radius 1 is 1.17 bits per heavy atom. The van der Waals surface area contributed by atoms with Gasteiger partial charge in [0.2, 0.25) is 0 Å². The van der Waals surface area contributed by atoms with Gasteiger partial charge < -0.3 is 5.32 Å². The average molecular weight is 302 g/mol. The first kappa shape index (κ1) is 11.4. The predicted octanol–water partition coefficient (Wildman–Crippen LogP) is 3.11. The summed E-state index contributed by atoms with van der Waals surface area (Å²) in [5.74, 6) is 0. The molecular formula is C14H12BrN3. The van der Waals surface area contributed by atoms with Gasteiger partial charge in [0.15, 0.2) is 0 Å². The highest BCUT2D eigenvalue weighted by molar-refractivity contribution is 9.10. The van der Waals surface area contributed by atoms with Crippen LogP contribution in [0.25, 0.3) is 0 Å². The fourth-order valence-corrected chi connectivity index (χ4v) is 2.39. The second-order valence-electron chi connectivity index (χ2n) is 4.06. The van der Waals surface area contributed by atoms with E-state index in [1.807, 2.05) is 24.3 Å². The summed E-state index contributed by atoms with van der Waals surface area (Å²) in [4.78, 5) is 9.05. The van der Waals surface area contributed by atoms with Crippen molar-refractivity contribution in [3.63, 3.8) is 0 Å². The number of nitrogens with zero attached hydrogens (tertiary/aromatic N) is 2. The van der Waals surface area contributed by atoms with Gasteiger partial charge in [-0.3, -0.25) is 9.98 Å². The molecule has 0 aliphatic carbocycles. The van der Waals surface area contributed by atoms with Crippen LogP contribution in [0, 0.1) is 0 Å². The summed E-state index contributed by atoms with van der Waals surface area (Å²) in [6.45, 7) is 1.61. The number of aliphatic imine (C=N–C) groups is 1. The predicted molar refractivity (Wildman–Crippen MR) is 77.4 cm³/mol. The third-order valence-electron chi connectivity index (χ3n) is 2.84. The monoisotopic (exact) mass is 301 g/mol. The molecule has 0 spiro atoms. The maximum absolute atomic E-state index is 4.65. The summed E-state index contributed by atoms with van der Waals surface area (Å²) in [5, 5.41) is 3.39. The van der Waals surface area contributed by atoms with Gasteiger partial charge in [-0.2, -0.15) is 0 Å². The number of benzodiazepines with no additional fused rings is 1. The van der Waals surface area contributed by atoms with Gasteiger partial charge in [-0.1, -0.05) is 22.0 Å². The normalized spacial score (nSPS) is 14.2. The number of benzene rings is 1. The summed E-state index contributed by atoms with van der Waals surface area (Å²) in [6, 6.07) is 12.1. The molecule has 3 nitrogen and oxygen atoms in total. The molecule has 0 saturated carbocycles. The van der Waals surface area contributed by atoms with Crippen LogP contribution in [0.4, 0.5) is 5.69 Å². The first-order valence-electron chi connectivity index (χ1n) is 5.84. The second-order valence-corrected chi connectivity index (χ2v) is 4.98. The third kappa shape index (κ3) is 2.16. The maximum atomic E-state index is 4.65. The van der Waals surface area contributed by atoms with E-state index < -0.39 is 0 Å².